The van der Waals surface area contributed by atoms with Gasteiger partial charge in [0, 0.05) is 38.4 Å². The van der Waals surface area contributed by atoms with Gasteiger partial charge in [0.25, 0.3) is 0 Å². The van der Waals surface area contributed by atoms with Gasteiger partial charge in [0.2, 0.25) is 0 Å². The van der Waals surface area contributed by atoms with Gasteiger partial charge in [-0.3, -0.25) is 14.5 Å². The fraction of sp³-hybridized carbons (Fsp3) is 0.321. The molecule has 8 nitrogen and oxygen atoms in total. The van der Waals surface area contributed by atoms with Gasteiger partial charge < -0.3 is 4.90 Å². The van der Waals surface area contributed by atoms with E-state index in [0.29, 0.717) is 41.2 Å². The first-order chi connectivity index (χ1) is 19.0. The van der Waals surface area contributed by atoms with Gasteiger partial charge in [-0.2, -0.15) is 23.4 Å². The molecule has 1 saturated heterocycles. The molecule has 12 heteroatoms. The molecule has 3 aromatic heterocycles. The van der Waals surface area contributed by atoms with E-state index in [-0.39, 0.29) is 17.8 Å². The number of hydrogen-bond acceptors (Lipinski definition) is 7. The molecule has 4 heterocycles. The molecule has 2 unspecified atom stereocenters. The number of nitriles is 1. The zero-order valence-corrected chi connectivity index (χ0v) is 21.9. The number of nitrogens with zero attached hydrogens (tertiary/aromatic N) is 7. The number of aryl methyl sites for hydroxylation is 1. The van der Waals surface area contributed by atoms with Crippen molar-refractivity contribution in [1.82, 2.24) is 24.4 Å². The average molecular weight is 552 g/mol. The Morgan fingerprint density at radius 2 is 1.73 bits per heavy atom. The van der Waals surface area contributed by atoms with E-state index >= 15 is 0 Å². The van der Waals surface area contributed by atoms with Crippen molar-refractivity contribution in [1.29, 1.82) is 5.26 Å². The smallest absolute Gasteiger partial charge is 0.349 e. The van der Waals surface area contributed by atoms with E-state index in [9.17, 15) is 27.6 Å². The Morgan fingerprint density at radius 1 is 1.00 bits per heavy atom. The molecule has 1 aromatic carbocycles. The number of benzene rings is 1. The van der Waals surface area contributed by atoms with Crippen LogP contribution in [0.5, 0.6) is 0 Å². The van der Waals surface area contributed by atoms with E-state index in [1.807, 2.05) is 24.8 Å². The van der Waals surface area contributed by atoms with Crippen LogP contribution in [0.25, 0.3) is 11.0 Å². The van der Waals surface area contributed by atoms with Gasteiger partial charge in [-0.15, -0.1) is 0 Å². The number of pyridine rings is 2. The number of fused-ring (bicyclic) bond motifs is 1. The van der Waals surface area contributed by atoms with Crippen molar-refractivity contribution in [3.8, 4) is 6.07 Å². The van der Waals surface area contributed by atoms with Crippen LogP contribution in [0.1, 0.15) is 42.4 Å². The van der Waals surface area contributed by atoms with Crippen LogP contribution in [0.2, 0.25) is 0 Å². The molecule has 0 N–H and O–H groups in total. The standard InChI is InChI=1S/C28H25F4N7O/c1-16-15-39(26-24-23(37(3)27(40)36-26)11-9-21(12-33)35-24)17(2)14-38(16)25(18-4-7-20(29)8-5-18)22-10-6-19(13-34-22)28(30,31)32/h4-11,13,16-17,25H,14-15H2,1-3H3/t16?,17-,25?/m0/s1. The van der Waals surface area contributed by atoms with E-state index in [0.717, 1.165) is 12.3 Å². The van der Waals surface area contributed by atoms with Crippen LogP contribution in [0, 0.1) is 17.1 Å². The number of rotatable bonds is 4. The Hall–Kier alpha value is -4.37. The number of anilines is 1. The van der Waals surface area contributed by atoms with Crippen molar-refractivity contribution >= 4 is 16.9 Å². The summed E-state index contributed by atoms with van der Waals surface area (Å²) in [6.45, 7) is 4.71. The lowest BCUT2D eigenvalue weighted by atomic mass is 9.96. The van der Waals surface area contributed by atoms with Gasteiger partial charge in [-0.1, -0.05) is 12.1 Å². The van der Waals surface area contributed by atoms with Crippen molar-refractivity contribution in [3.05, 3.63) is 93.5 Å². The van der Waals surface area contributed by atoms with Gasteiger partial charge in [-0.05, 0) is 55.8 Å². The molecule has 0 saturated carbocycles. The third kappa shape index (κ3) is 5.00. The zero-order valence-electron chi connectivity index (χ0n) is 21.9. The summed E-state index contributed by atoms with van der Waals surface area (Å²) < 4.78 is 54.8. The summed E-state index contributed by atoms with van der Waals surface area (Å²) in [7, 11) is 1.59. The van der Waals surface area contributed by atoms with E-state index in [1.54, 1.807) is 31.3 Å². The molecule has 1 aliphatic heterocycles. The average Bonchev–Trinajstić information content (AvgIpc) is 2.93. The second-order valence-corrected chi connectivity index (χ2v) is 9.92. The Labute approximate surface area is 227 Å². The lowest BCUT2D eigenvalue weighted by Crippen LogP contribution is -2.58. The SMILES string of the molecule is CC1CN(c2nc(=O)n(C)c3ccc(C#N)nc23)[C@@H](C)CN1C(c1ccc(F)cc1)c1ccc(C(F)(F)F)cn1. The van der Waals surface area contributed by atoms with Crippen molar-refractivity contribution in [2.75, 3.05) is 18.0 Å². The van der Waals surface area contributed by atoms with Gasteiger partial charge in [-0.25, -0.2) is 14.2 Å². The normalized spacial score (nSPS) is 19.0. The first-order valence-electron chi connectivity index (χ1n) is 12.6. The molecule has 5 rings (SSSR count). The molecule has 0 amide bonds. The largest absolute Gasteiger partial charge is 0.417 e. The van der Waals surface area contributed by atoms with Gasteiger partial charge >= 0.3 is 11.9 Å². The third-order valence-electron chi connectivity index (χ3n) is 7.27. The summed E-state index contributed by atoms with van der Waals surface area (Å²) in [5, 5.41) is 9.39. The molecule has 0 radical (unpaired) electrons. The Kier molecular flexibility index (Phi) is 7.01. The van der Waals surface area contributed by atoms with Crippen LogP contribution >= 0.6 is 0 Å². The summed E-state index contributed by atoms with van der Waals surface area (Å²) >= 11 is 0. The summed E-state index contributed by atoms with van der Waals surface area (Å²) in [6, 6.07) is 12.4. The van der Waals surface area contributed by atoms with Gasteiger partial charge in [0.1, 0.15) is 23.1 Å². The molecule has 0 bridgehead atoms. The van der Waals surface area contributed by atoms with Crippen LogP contribution in [0.4, 0.5) is 23.4 Å². The Balaban J connectivity index is 1.54. The van der Waals surface area contributed by atoms with Crippen LogP contribution in [-0.2, 0) is 13.2 Å². The highest BCUT2D eigenvalue weighted by molar-refractivity contribution is 5.86. The number of halogens is 4. The predicted molar refractivity (Wildman–Crippen MR) is 140 cm³/mol. The molecule has 206 valence electrons. The molecular weight excluding hydrogens is 526 g/mol. The van der Waals surface area contributed by atoms with Crippen molar-refractivity contribution in [2.24, 2.45) is 7.05 Å². The molecule has 1 fully saturated rings. The topological polar surface area (TPSA) is 90.9 Å². The fourth-order valence-corrected chi connectivity index (χ4v) is 5.19. The fourth-order valence-electron chi connectivity index (χ4n) is 5.19. The highest BCUT2D eigenvalue weighted by atomic mass is 19.4. The van der Waals surface area contributed by atoms with Crippen LogP contribution < -0.4 is 10.6 Å². The number of alkyl halides is 3. The van der Waals surface area contributed by atoms with E-state index < -0.39 is 29.3 Å². The quantitative estimate of drug-likeness (QED) is 0.347. The monoisotopic (exact) mass is 551 g/mol. The molecule has 40 heavy (non-hydrogen) atoms. The maximum absolute atomic E-state index is 13.8. The minimum atomic E-state index is -4.52. The molecular formula is C28H25F4N7O. The third-order valence-corrected chi connectivity index (χ3v) is 7.27. The summed E-state index contributed by atoms with van der Waals surface area (Å²) in [5.74, 6) is -0.0675. The van der Waals surface area contributed by atoms with Crippen LogP contribution in [0.15, 0.2) is 59.5 Å². The van der Waals surface area contributed by atoms with Crippen LogP contribution in [-0.4, -0.2) is 49.6 Å². The highest BCUT2D eigenvalue weighted by Gasteiger charge is 2.38. The lowest BCUT2D eigenvalue weighted by molar-refractivity contribution is -0.137. The summed E-state index contributed by atoms with van der Waals surface area (Å²) in [6.07, 6.45) is -3.71. The number of hydrogen-bond donors (Lipinski definition) is 0. The number of aromatic nitrogens is 4. The molecule has 0 spiro atoms. The Bertz CT molecular complexity index is 1650. The van der Waals surface area contributed by atoms with Gasteiger partial charge in [0.15, 0.2) is 5.82 Å². The first kappa shape index (κ1) is 27.2. The lowest BCUT2D eigenvalue weighted by Gasteiger charge is -2.47. The van der Waals surface area contributed by atoms with Crippen molar-refractivity contribution < 1.29 is 17.6 Å². The van der Waals surface area contributed by atoms with E-state index in [1.165, 1.54) is 22.8 Å². The number of piperazine rings is 1. The molecule has 4 aromatic rings. The Morgan fingerprint density at radius 3 is 2.35 bits per heavy atom. The second-order valence-electron chi connectivity index (χ2n) is 9.92. The van der Waals surface area contributed by atoms with E-state index in [4.69, 9.17) is 0 Å². The molecule has 1 aliphatic rings. The minimum absolute atomic E-state index is 0.193. The zero-order chi connectivity index (χ0) is 28.8. The second kappa shape index (κ2) is 10.3. The first-order valence-corrected chi connectivity index (χ1v) is 12.6. The summed E-state index contributed by atoms with van der Waals surface area (Å²) in [4.78, 5) is 29.7. The minimum Gasteiger partial charge on any atom is -0.349 e. The maximum Gasteiger partial charge on any atom is 0.417 e. The van der Waals surface area contributed by atoms with Crippen LogP contribution in [0.3, 0.4) is 0 Å². The van der Waals surface area contributed by atoms with Crippen molar-refractivity contribution in [3.63, 3.8) is 0 Å². The molecule has 0 aliphatic carbocycles. The maximum atomic E-state index is 13.8. The van der Waals surface area contributed by atoms with Gasteiger partial charge in [0.05, 0.1) is 22.8 Å². The van der Waals surface area contributed by atoms with E-state index in [2.05, 4.69) is 19.9 Å². The van der Waals surface area contributed by atoms with Crippen molar-refractivity contribution in [2.45, 2.75) is 38.1 Å². The predicted octanol–water partition coefficient (Wildman–Crippen LogP) is 4.44. The highest BCUT2D eigenvalue weighted by Crippen LogP contribution is 2.36. The molecule has 3 atom stereocenters. The summed E-state index contributed by atoms with van der Waals surface area (Å²) in [5.41, 5.74) is 0.909.